The summed E-state index contributed by atoms with van der Waals surface area (Å²) in [5, 5.41) is 0. The van der Waals surface area contributed by atoms with Crippen LogP contribution in [0.2, 0.25) is 0 Å². The van der Waals surface area contributed by atoms with Crippen molar-refractivity contribution >= 4 is 47.0 Å². The van der Waals surface area contributed by atoms with Crippen molar-refractivity contribution in [1.82, 2.24) is 0 Å². The number of thiophene rings is 2. The summed E-state index contributed by atoms with van der Waals surface area (Å²) in [4.78, 5) is 5.30. The zero-order valence-corrected chi connectivity index (χ0v) is 16.4. The van der Waals surface area contributed by atoms with E-state index >= 15 is 0 Å². The normalized spacial score (nSPS) is 11.0. The summed E-state index contributed by atoms with van der Waals surface area (Å²) in [6.45, 7) is 8.27. The van der Waals surface area contributed by atoms with Gasteiger partial charge in [0.05, 0.1) is 0 Å². The number of hydrogen-bond acceptors (Lipinski definition) is 2. The largest absolute Gasteiger partial charge is 0.141 e. The Morgan fingerprint density at radius 2 is 0.917 bits per heavy atom. The molecule has 0 bridgehead atoms. The monoisotopic (exact) mass is 352 g/mol. The first-order valence-corrected chi connectivity index (χ1v) is 9.91. The Morgan fingerprint density at radius 3 is 1.21 bits per heavy atom. The van der Waals surface area contributed by atoms with Gasteiger partial charge in [0.25, 0.3) is 0 Å². The van der Waals surface area contributed by atoms with Crippen molar-refractivity contribution in [2.75, 3.05) is 0 Å². The molecule has 0 nitrogen and oxygen atoms in total. The Hall–Kier alpha value is -1.90. The lowest BCUT2D eigenvalue weighted by atomic mass is 10.1. The van der Waals surface area contributed by atoms with Gasteiger partial charge in [-0.15, -0.1) is 22.7 Å². The van der Waals surface area contributed by atoms with Crippen LogP contribution >= 0.6 is 22.7 Å². The van der Waals surface area contributed by atoms with E-state index in [-0.39, 0.29) is 0 Å². The highest BCUT2D eigenvalue weighted by atomic mass is 32.1. The smallest absolute Gasteiger partial charge is 0.0273 e. The third-order valence-corrected chi connectivity index (χ3v) is 5.27. The molecule has 0 aliphatic rings. The van der Waals surface area contributed by atoms with E-state index in [1.165, 1.54) is 30.6 Å². The summed E-state index contributed by atoms with van der Waals surface area (Å²) in [5.41, 5.74) is 2.46. The molecule has 3 aromatic rings. The molecule has 2 heteroatoms. The van der Waals surface area contributed by atoms with Gasteiger partial charge in [0.2, 0.25) is 0 Å². The Balaban J connectivity index is 0.00000100. The maximum absolute atomic E-state index is 2.18. The molecule has 124 valence electrons. The van der Waals surface area contributed by atoms with Crippen LogP contribution in [0.1, 0.15) is 44.5 Å². The Kier molecular flexibility index (Phi) is 7.23. The van der Waals surface area contributed by atoms with Crippen LogP contribution in [-0.2, 0) is 0 Å². The van der Waals surface area contributed by atoms with Crippen molar-refractivity contribution in [3.05, 3.63) is 79.2 Å². The highest BCUT2D eigenvalue weighted by Gasteiger charge is 1.94. The second kappa shape index (κ2) is 9.41. The lowest BCUT2D eigenvalue weighted by Crippen LogP contribution is -1.74. The molecule has 0 atom stereocenters. The summed E-state index contributed by atoms with van der Waals surface area (Å²) >= 11 is 3.64. The molecule has 3 rings (SSSR count). The molecule has 0 fully saturated rings. The minimum atomic E-state index is 1.23. The van der Waals surface area contributed by atoms with Crippen LogP contribution < -0.4 is 0 Å². The number of aryl methyl sites for hydroxylation is 2. The van der Waals surface area contributed by atoms with Gasteiger partial charge < -0.3 is 0 Å². The van der Waals surface area contributed by atoms with E-state index in [1.54, 1.807) is 0 Å². The van der Waals surface area contributed by atoms with Crippen LogP contribution in [0.15, 0.2) is 48.5 Å². The van der Waals surface area contributed by atoms with Crippen LogP contribution in [0, 0.1) is 13.8 Å². The van der Waals surface area contributed by atoms with Gasteiger partial charge in [0.1, 0.15) is 0 Å². The number of rotatable bonds is 4. The molecular weight excluding hydrogens is 328 g/mol. The standard InChI is InChI=1S/C20H18S2.C2H6/c1-15-3-11-19(21-15)13-9-17-5-7-18(8-6-17)10-14-20-12-4-16(2)22-20;1-2/h3-14H,1-2H3;1-2H3/b13-9+,14-10+;. The van der Waals surface area contributed by atoms with E-state index in [4.69, 9.17) is 0 Å². The lowest BCUT2D eigenvalue weighted by molar-refractivity contribution is 1.50. The molecule has 0 aliphatic carbocycles. The first-order chi connectivity index (χ1) is 11.7. The molecule has 24 heavy (non-hydrogen) atoms. The van der Waals surface area contributed by atoms with Crippen LogP contribution in [0.3, 0.4) is 0 Å². The fraction of sp³-hybridized carbons (Fsp3) is 0.182. The number of hydrogen-bond donors (Lipinski definition) is 0. The Morgan fingerprint density at radius 1 is 0.542 bits per heavy atom. The molecule has 0 N–H and O–H groups in total. The van der Waals surface area contributed by atoms with Gasteiger partial charge in [-0.2, -0.15) is 0 Å². The third kappa shape index (κ3) is 5.63. The Labute approximate surface area is 153 Å². The fourth-order valence-electron chi connectivity index (χ4n) is 2.16. The first kappa shape index (κ1) is 18.4. The summed E-state index contributed by atoms with van der Waals surface area (Å²) in [6.07, 6.45) is 8.69. The molecule has 0 spiro atoms. The number of benzene rings is 1. The molecule has 0 unspecified atom stereocenters. The minimum absolute atomic E-state index is 1.23. The SMILES string of the molecule is CC.Cc1ccc(/C=C/c2ccc(/C=C/c3ccc(C)s3)cc2)s1. The average Bonchev–Trinajstić information content (AvgIpc) is 3.22. The molecule has 0 radical (unpaired) electrons. The molecule has 0 aliphatic heterocycles. The molecule has 0 saturated carbocycles. The quantitative estimate of drug-likeness (QED) is 0.449. The third-order valence-electron chi connectivity index (χ3n) is 3.34. The second-order valence-corrected chi connectivity index (χ2v) is 7.87. The maximum Gasteiger partial charge on any atom is 0.0273 e. The topological polar surface area (TPSA) is 0 Å². The highest BCUT2D eigenvalue weighted by molar-refractivity contribution is 7.13. The summed E-state index contributed by atoms with van der Waals surface area (Å²) < 4.78 is 0. The molecule has 2 heterocycles. The lowest BCUT2D eigenvalue weighted by Gasteiger charge is -1.96. The second-order valence-electron chi connectivity index (χ2n) is 5.23. The van der Waals surface area contributed by atoms with Gasteiger partial charge in [0, 0.05) is 19.5 Å². The van der Waals surface area contributed by atoms with Gasteiger partial charge >= 0.3 is 0 Å². The van der Waals surface area contributed by atoms with E-state index < -0.39 is 0 Å². The molecule has 0 amide bonds. The van der Waals surface area contributed by atoms with Gasteiger partial charge in [-0.3, -0.25) is 0 Å². The first-order valence-electron chi connectivity index (χ1n) is 8.28. The molecule has 0 saturated heterocycles. The van der Waals surface area contributed by atoms with Crippen LogP contribution in [0.25, 0.3) is 24.3 Å². The molecular formula is C22H24S2. The van der Waals surface area contributed by atoms with Crippen LogP contribution in [0.4, 0.5) is 0 Å². The van der Waals surface area contributed by atoms with E-state index in [1.807, 2.05) is 36.5 Å². The van der Waals surface area contributed by atoms with Crippen molar-refractivity contribution < 1.29 is 0 Å². The predicted molar refractivity (Wildman–Crippen MR) is 114 cm³/mol. The highest BCUT2D eigenvalue weighted by Crippen LogP contribution is 2.20. The van der Waals surface area contributed by atoms with Gasteiger partial charge in [0.15, 0.2) is 0 Å². The Bertz CT molecular complexity index is 729. The summed E-state index contributed by atoms with van der Waals surface area (Å²) in [6, 6.07) is 17.3. The summed E-state index contributed by atoms with van der Waals surface area (Å²) in [7, 11) is 0. The molecule has 2 aromatic heterocycles. The van der Waals surface area contributed by atoms with E-state index in [0.717, 1.165) is 0 Å². The summed E-state index contributed by atoms with van der Waals surface area (Å²) in [5.74, 6) is 0. The van der Waals surface area contributed by atoms with E-state index in [9.17, 15) is 0 Å². The van der Waals surface area contributed by atoms with Crippen molar-refractivity contribution in [3.63, 3.8) is 0 Å². The van der Waals surface area contributed by atoms with Gasteiger partial charge in [-0.1, -0.05) is 50.3 Å². The average molecular weight is 353 g/mol. The van der Waals surface area contributed by atoms with E-state index in [2.05, 4.69) is 86.7 Å². The van der Waals surface area contributed by atoms with Crippen LogP contribution in [-0.4, -0.2) is 0 Å². The predicted octanol–water partition coefficient (Wildman–Crippen LogP) is 7.79. The van der Waals surface area contributed by atoms with Gasteiger partial charge in [-0.25, -0.2) is 0 Å². The maximum atomic E-state index is 2.18. The van der Waals surface area contributed by atoms with E-state index in [0.29, 0.717) is 0 Å². The van der Waals surface area contributed by atoms with Crippen molar-refractivity contribution in [3.8, 4) is 0 Å². The minimum Gasteiger partial charge on any atom is -0.141 e. The fourth-order valence-corrected chi connectivity index (χ4v) is 3.72. The van der Waals surface area contributed by atoms with Crippen molar-refractivity contribution in [2.45, 2.75) is 27.7 Å². The van der Waals surface area contributed by atoms with Crippen molar-refractivity contribution in [1.29, 1.82) is 0 Å². The van der Waals surface area contributed by atoms with Gasteiger partial charge in [-0.05, 0) is 61.4 Å². The van der Waals surface area contributed by atoms with Crippen molar-refractivity contribution in [2.24, 2.45) is 0 Å². The zero-order valence-electron chi connectivity index (χ0n) is 14.7. The molecule has 1 aromatic carbocycles. The van der Waals surface area contributed by atoms with Crippen LogP contribution in [0.5, 0.6) is 0 Å². The zero-order chi connectivity index (χ0) is 17.4.